The summed E-state index contributed by atoms with van der Waals surface area (Å²) in [6, 6.07) is 8.35. The van der Waals surface area contributed by atoms with E-state index >= 15 is 0 Å². The van der Waals surface area contributed by atoms with E-state index in [1.54, 1.807) is 13.2 Å². The smallest absolute Gasteiger partial charge is 0.188 e. The lowest BCUT2D eigenvalue weighted by Gasteiger charge is -2.28. The fourth-order valence-electron chi connectivity index (χ4n) is 2.82. The zero-order valence-electron chi connectivity index (χ0n) is 13.3. The van der Waals surface area contributed by atoms with Crippen LogP contribution < -0.4 is 15.8 Å². The summed E-state index contributed by atoms with van der Waals surface area (Å²) in [5.41, 5.74) is 7.07. The van der Waals surface area contributed by atoms with Crippen LogP contribution in [0.1, 0.15) is 24.4 Å². The lowest BCUT2D eigenvalue weighted by molar-refractivity contribution is 0.245. The highest BCUT2D eigenvalue weighted by atomic mass is 16.5. The van der Waals surface area contributed by atoms with Gasteiger partial charge in [-0.05, 0) is 32.0 Å². The molecule has 0 amide bonds. The Kier molecular flexibility index (Phi) is 6.27. The number of nitrogens with zero attached hydrogens (tertiary/aromatic N) is 2. The molecule has 0 spiro atoms. The third-order valence-corrected chi connectivity index (χ3v) is 3.94. The zero-order chi connectivity index (χ0) is 15.8. The number of hydrogen-bond donors (Lipinski definition) is 2. The Morgan fingerprint density at radius 1 is 1.45 bits per heavy atom. The van der Waals surface area contributed by atoms with Crippen LogP contribution in [0.4, 0.5) is 0 Å². The first-order valence-corrected chi connectivity index (χ1v) is 7.78. The molecule has 3 N–H and O–H groups in total. The molecule has 1 atom stereocenters. The van der Waals surface area contributed by atoms with Crippen LogP contribution in [0, 0.1) is 0 Å². The lowest BCUT2D eigenvalue weighted by Crippen LogP contribution is -2.34. The number of nitrogens with two attached hydrogens (primary N) is 1. The van der Waals surface area contributed by atoms with Crippen molar-refractivity contribution in [3.05, 3.63) is 42.5 Å². The molecule has 5 heteroatoms. The predicted molar refractivity (Wildman–Crippen MR) is 91.2 cm³/mol. The van der Waals surface area contributed by atoms with Crippen LogP contribution >= 0.6 is 0 Å². The van der Waals surface area contributed by atoms with Gasteiger partial charge in [-0.25, -0.2) is 0 Å². The minimum Gasteiger partial charge on any atom is -0.496 e. The number of methoxy groups -OCH3 is 1. The number of para-hydroxylation sites is 1. The number of nitrogens with one attached hydrogen (secondary N) is 1. The summed E-state index contributed by atoms with van der Waals surface area (Å²) < 4.78 is 5.52. The van der Waals surface area contributed by atoms with Crippen molar-refractivity contribution in [2.75, 3.05) is 33.3 Å². The van der Waals surface area contributed by atoms with Gasteiger partial charge in [0, 0.05) is 12.1 Å². The van der Waals surface area contributed by atoms with E-state index < -0.39 is 0 Å². The molecule has 1 fully saturated rings. The second-order valence-electron chi connectivity index (χ2n) is 5.40. The minimum atomic E-state index is 0.197. The molecule has 1 heterocycles. The fraction of sp³-hybridized carbons (Fsp3) is 0.471. The van der Waals surface area contributed by atoms with E-state index in [0.717, 1.165) is 18.8 Å². The normalized spacial score (nSPS) is 17.2. The van der Waals surface area contributed by atoms with Crippen molar-refractivity contribution in [1.29, 1.82) is 0 Å². The van der Waals surface area contributed by atoms with Crippen molar-refractivity contribution >= 4 is 5.96 Å². The average Bonchev–Trinajstić information content (AvgIpc) is 3.07. The van der Waals surface area contributed by atoms with Crippen LogP contribution in [0.15, 0.2) is 41.9 Å². The third-order valence-electron chi connectivity index (χ3n) is 3.94. The van der Waals surface area contributed by atoms with Gasteiger partial charge in [0.15, 0.2) is 5.96 Å². The van der Waals surface area contributed by atoms with Crippen molar-refractivity contribution in [1.82, 2.24) is 10.2 Å². The summed E-state index contributed by atoms with van der Waals surface area (Å²) in [7, 11) is 1.71. The Bertz CT molecular complexity index is 509. The monoisotopic (exact) mass is 302 g/mol. The highest BCUT2D eigenvalue weighted by Crippen LogP contribution is 2.31. The van der Waals surface area contributed by atoms with Gasteiger partial charge < -0.3 is 15.8 Å². The maximum atomic E-state index is 5.90. The maximum Gasteiger partial charge on any atom is 0.188 e. The molecule has 1 aliphatic rings. The SMILES string of the molecule is C=CCNC(N)=NC[C@@H](c1ccccc1OC)N1CCCC1. The Morgan fingerprint density at radius 2 is 2.18 bits per heavy atom. The van der Waals surface area contributed by atoms with Gasteiger partial charge in [-0.3, -0.25) is 9.89 Å². The highest BCUT2D eigenvalue weighted by molar-refractivity contribution is 5.77. The molecule has 1 aliphatic heterocycles. The minimum absolute atomic E-state index is 0.197. The van der Waals surface area contributed by atoms with E-state index in [9.17, 15) is 0 Å². The van der Waals surface area contributed by atoms with Gasteiger partial charge in [0.2, 0.25) is 0 Å². The largest absolute Gasteiger partial charge is 0.496 e. The zero-order valence-corrected chi connectivity index (χ0v) is 13.3. The maximum absolute atomic E-state index is 5.90. The molecule has 120 valence electrons. The molecular weight excluding hydrogens is 276 g/mol. The van der Waals surface area contributed by atoms with Crippen molar-refractivity contribution in [2.45, 2.75) is 18.9 Å². The fourth-order valence-corrected chi connectivity index (χ4v) is 2.82. The number of hydrogen-bond acceptors (Lipinski definition) is 3. The predicted octanol–water partition coefficient (Wildman–Crippen LogP) is 1.92. The number of guanidine groups is 1. The standard InChI is InChI=1S/C17H26N4O/c1-3-10-19-17(18)20-13-15(21-11-6-7-12-21)14-8-4-5-9-16(14)22-2/h3-5,8-9,15H,1,6-7,10-13H2,2H3,(H3,18,19,20)/t15-/m0/s1. The molecule has 2 rings (SSSR count). The molecule has 1 aromatic carbocycles. The number of ether oxygens (including phenoxy) is 1. The Morgan fingerprint density at radius 3 is 2.86 bits per heavy atom. The lowest BCUT2D eigenvalue weighted by atomic mass is 10.0. The average molecular weight is 302 g/mol. The molecule has 1 aromatic rings. The van der Waals surface area contributed by atoms with Crippen LogP contribution in [-0.2, 0) is 0 Å². The van der Waals surface area contributed by atoms with Gasteiger partial charge in [-0.2, -0.15) is 0 Å². The quantitative estimate of drug-likeness (QED) is 0.459. The molecule has 22 heavy (non-hydrogen) atoms. The van der Waals surface area contributed by atoms with Crippen molar-refractivity contribution < 1.29 is 4.74 Å². The van der Waals surface area contributed by atoms with E-state index in [2.05, 4.69) is 27.9 Å². The number of likely N-dealkylation sites (tertiary alicyclic amines) is 1. The molecule has 5 nitrogen and oxygen atoms in total. The van der Waals surface area contributed by atoms with Gasteiger partial charge in [0.05, 0.1) is 19.7 Å². The van der Waals surface area contributed by atoms with Gasteiger partial charge >= 0.3 is 0 Å². The van der Waals surface area contributed by atoms with Crippen LogP contribution in [0.3, 0.4) is 0 Å². The van der Waals surface area contributed by atoms with Gasteiger partial charge in [0.25, 0.3) is 0 Å². The van der Waals surface area contributed by atoms with E-state index in [-0.39, 0.29) is 6.04 Å². The number of benzene rings is 1. The van der Waals surface area contributed by atoms with Gasteiger partial charge in [0.1, 0.15) is 5.75 Å². The molecule has 1 saturated heterocycles. The molecule has 0 aliphatic carbocycles. The summed E-state index contributed by atoms with van der Waals surface area (Å²) in [6.07, 6.45) is 4.24. The second-order valence-corrected chi connectivity index (χ2v) is 5.40. The van der Waals surface area contributed by atoms with Crippen molar-refractivity contribution in [2.24, 2.45) is 10.7 Å². The summed E-state index contributed by atoms with van der Waals surface area (Å²) >= 11 is 0. The molecule has 0 bridgehead atoms. The van der Waals surface area contributed by atoms with E-state index in [1.165, 1.54) is 18.4 Å². The van der Waals surface area contributed by atoms with E-state index in [1.807, 2.05) is 18.2 Å². The molecule has 0 saturated carbocycles. The number of rotatable bonds is 7. The second kappa shape index (κ2) is 8.44. The van der Waals surface area contributed by atoms with Crippen molar-refractivity contribution in [3.8, 4) is 5.75 Å². The van der Waals surface area contributed by atoms with Crippen LogP contribution in [0.2, 0.25) is 0 Å². The molecular formula is C17H26N4O. The topological polar surface area (TPSA) is 62.9 Å². The number of aliphatic imine (C=N–C) groups is 1. The summed E-state index contributed by atoms with van der Waals surface area (Å²) in [6.45, 7) is 7.10. The van der Waals surface area contributed by atoms with Crippen LogP contribution in [0.25, 0.3) is 0 Å². The van der Waals surface area contributed by atoms with E-state index in [4.69, 9.17) is 10.5 Å². The Hall–Kier alpha value is -2.01. The Balaban J connectivity index is 2.17. The summed E-state index contributed by atoms with van der Waals surface area (Å²) in [4.78, 5) is 6.96. The highest BCUT2D eigenvalue weighted by Gasteiger charge is 2.25. The van der Waals surface area contributed by atoms with Crippen LogP contribution in [0.5, 0.6) is 5.75 Å². The van der Waals surface area contributed by atoms with Gasteiger partial charge in [-0.15, -0.1) is 6.58 Å². The first-order chi connectivity index (χ1) is 10.8. The Labute approximate surface area is 132 Å². The molecule has 0 radical (unpaired) electrons. The molecule has 0 unspecified atom stereocenters. The summed E-state index contributed by atoms with van der Waals surface area (Å²) in [5, 5.41) is 3.02. The first-order valence-electron chi connectivity index (χ1n) is 7.78. The summed E-state index contributed by atoms with van der Waals surface area (Å²) in [5.74, 6) is 1.37. The van der Waals surface area contributed by atoms with Crippen LogP contribution in [-0.4, -0.2) is 44.1 Å². The molecule has 0 aromatic heterocycles. The third kappa shape index (κ3) is 4.24. The van der Waals surface area contributed by atoms with Gasteiger partial charge in [-0.1, -0.05) is 24.3 Å². The van der Waals surface area contributed by atoms with Crippen molar-refractivity contribution in [3.63, 3.8) is 0 Å². The first kappa shape index (κ1) is 16.4. The van der Waals surface area contributed by atoms with E-state index in [0.29, 0.717) is 19.0 Å².